The van der Waals surface area contributed by atoms with E-state index in [0.717, 1.165) is 12.1 Å². The van der Waals surface area contributed by atoms with Crippen LogP contribution in [0.1, 0.15) is 28.9 Å². The van der Waals surface area contributed by atoms with Gasteiger partial charge >= 0.3 is 0 Å². The molecule has 0 N–H and O–H groups in total. The van der Waals surface area contributed by atoms with Crippen molar-refractivity contribution in [1.82, 2.24) is 25.1 Å². The van der Waals surface area contributed by atoms with Gasteiger partial charge < -0.3 is 9.64 Å². The van der Waals surface area contributed by atoms with Gasteiger partial charge in [0.1, 0.15) is 17.8 Å². The van der Waals surface area contributed by atoms with E-state index >= 15 is 0 Å². The molecule has 132 valence electrons. The lowest BCUT2D eigenvalue weighted by Crippen LogP contribution is -2.51. The molecule has 0 bridgehead atoms. The van der Waals surface area contributed by atoms with E-state index < -0.39 is 0 Å². The predicted molar refractivity (Wildman–Crippen MR) is 95.1 cm³/mol. The zero-order chi connectivity index (χ0) is 18.1. The molecule has 1 saturated heterocycles. The topological polar surface area (TPSA) is 73.1 Å². The van der Waals surface area contributed by atoms with Crippen LogP contribution in [0.15, 0.2) is 54.9 Å². The summed E-state index contributed by atoms with van der Waals surface area (Å²) in [7, 11) is 1.58. The first-order valence-corrected chi connectivity index (χ1v) is 8.46. The van der Waals surface area contributed by atoms with Crippen molar-refractivity contribution >= 4 is 5.91 Å². The average Bonchev–Trinajstić information content (AvgIpc) is 3.20. The number of methoxy groups -OCH3 is 1. The van der Waals surface area contributed by atoms with Crippen molar-refractivity contribution in [3.05, 3.63) is 66.0 Å². The second kappa shape index (κ2) is 6.59. The van der Waals surface area contributed by atoms with Crippen LogP contribution in [0.5, 0.6) is 5.75 Å². The van der Waals surface area contributed by atoms with Gasteiger partial charge in [0.15, 0.2) is 0 Å². The van der Waals surface area contributed by atoms with E-state index in [2.05, 4.69) is 34.6 Å². The second-order valence-electron chi connectivity index (χ2n) is 6.43. The van der Waals surface area contributed by atoms with Gasteiger partial charge in [-0.05, 0) is 40.1 Å². The Balaban J connectivity index is 1.65. The van der Waals surface area contributed by atoms with Crippen molar-refractivity contribution in [2.24, 2.45) is 5.92 Å². The summed E-state index contributed by atoms with van der Waals surface area (Å²) < 4.78 is 6.86. The van der Waals surface area contributed by atoms with Crippen LogP contribution in [-0.2, 0) is 0 Å². The van der Waals surface area contributed by atoms with E-state index in [1.54, 1.807) is 25.3 Å². The number of tetrazole rings is 1. The number of benzene rings is 2. The largest absolute Gasteiger partial charge is 0.494 e. The van der Waals surface area contributed by atoms with Gasteiger partial charge in [0.2, 0.25) is 0 Å². The summed E-state index contributed by atoms with van der Waals surface area (Å²) in [5.41, 5.74) is 2.38. The Morgan fingerprint density at radius 3 is 2.65 bits per heavy atom. The Morgan fingerprint density at radius 1 is 1.19 bits per heavy atom. The van der Waals surface area contributed by atoms with E-state index in [0.29, 0.717) is 22.9 Å². The zero-order valence-electron chi connectivity index (χ0n) is 14.6. The van der Waals surface area contributed by atoms with Crippen molar-refractivity contribution in [3.8, 4) is 11.4 Å². The van der Waals surface area contributed by atoms with Crippen molar-refractivity contribution in [2.75, 3.05) is 13.7 Å². The fraction of sp³-hybridized carbons (Fsp3) is 0.263. The molecular weight excluding hydrogens is 330 g/mol. The highest BCUT2D eigenvalue weighted by atomic mass is 16.5. The van der Waals surface area contributed by atoms with Gasteiger partial charge in [-0.1, -0.05) is 37.3 Å². The third kappa shape index (κ3) is 2.71. The zero-order valence-corrected chi connectivity index (χ0v) is 14.6. The minimum atomic E-state index is -0.00562. The van der Waals surface area contributed by atoms with Gasteiger partial charge in [0, 0.05) is 12.1 Å². The molecule has 1 fully saturated rings. The molecule has 0 saturated carbocycles. The standard InChI is InChI=1S/C19H19N5O2/c1-13-11-23(18(13)14-6-4-3-5-7-14)19(25)15-8-9-17(26-2)16(10-15)24-12-20-21-22-24/h3-10,12-13,18H,11H2,1-2H3/t13-,18+/m0/s1. The number of carbonyl (C=O) groups is 1. The van der Waals surface area contributed by atoms with Crippen LogP contribution in [-0.4, -0.2) is 44.7 Å². The molecule has 2 aromatic carbocycles. The first kappa shape index (κ1) is 16.3. The molecule has 0 spiro atoms. The number of hydrogen-bond donors (Lipinski definition) is 0. The number of aromatic nitrogens is 4. The Labute approximate surface area is 151 Å². The fourth-order valence-corrected chi connectivity index (χ4v) is 3.50. The van der Waals surface area contributed by atoms with Gasteiger partial charge in [0.05, 0.1) is 13.2 Å². The van der Waals surface area contributed by atoms with E-state index in [-0.39, 0.29) is 11.9 Å². The van der Waals surface area contributed by atoms with Gasteiger partial charge in [-0.15, -0.1) is 5.10 Å². The summed E-state index contributed by atoms with van der Waals surface area (Å²) in [5, 5.41) is 11.2. The molecule has 0 radical (unpaired) electrons. The molecule has 3 aromatic rings. The quantitative estimate of drug-likeness (QED) is 0.724. The maximum absolute atomic E-state index is 13.1. The summed E-state index contributed by atoms with van der Waals surface area (Å²) >= 11 is 0. The molecular formula is C19H19N5O2. The maximum Gasteiger partial charge on any atom is 0.254 e. The molecule has 2 atom stereocenters. The van der Waals surface area contributed by atoms with Crippen LogP contribution in [0.2, 0.25) is 0 Å². The number of likely N-dealkylation sites (tertiary alicyclic amines) is 1. The Hall–Kier alpha value is -3.22. The number of rotatable bonds is 4. The van der Waals surface area contributed by atoms with E-state index in [4.69, 9.17) is 4.74 Å². The van der Waals surface area contributed by atoms with E-state index in [9.17, 15) is 4.79 Å². The van der Waals surface area contributed by atoms with Crippen LogP contribution in [0, 0.1) is 5.92 Å². The van der Waals surface area contributed by atoms with Crippen LogP contribution in [0.3, 0.4) is 0 Å². The highest BCUT2D eigenvalue weighted by molar-refractivity contribution is 5.96. The molecule has 7 heteroatoms. The minimum Gasteiger partial charge on any atom is -0.494 e. The SMILES string of the molecule is COc1ccc(C(=O)N2C[C@H](C)[C@@H]2c2ccccc2)cc1-n1cnnn1. The summed E-state index contributed by atoms with van der Waals surface area (Å²) in [6, 6.07) is 15.6. The predicted octanol–water partition coefficient (Wildman–Crippen LogP) is 2.50. The van der Waals surface area contributed by atoms with Crippen LogP contribution in [0.4, 0.5) is 0 Å². The van der Waals surface area contributed by atoms with Crippen molar-refractivity contribution < 1.29 is 9.53 Å². The van der Waals surface area contributed by atoms with Gasteiger partial charge in [-0.25, -0.2) is 0 Å². The lowest BCUT2D eigenvalue weighted by molar-refractivity contribution is 0.0197. The molecule has 1 aromatic heterocycles. The highest BCUT2D eigenvalue weighted by Crippen LogP contribution is 2.39. The third-order valence-electron chi connectivity index (χ3n) is 4.78. The smallest absolute Gasteiger partial charge is 0.254 e. The first-order chi connectivity index (χ1) is 12.7. The summed E-state index contributed by atoms with van der Waals surface area (Å²) in [5.74, 6) is 1.03. The van der Waals surface area contributed by atoms with Crippen molar-refractivity contribution in [1.29, 1.82) is 0 Å². The van der Waals surface area contributed by atoms with Crippen LogP contribution in [0.25, 0.3) is 5.69 Å². The molecule has 4 rings (SSSR count). The number of amides is 1. The monoisotopic (exact) mass is 349 g/mol. The van der Waals surface area contributed by atoms with Crippen LogP contribution >= 0.6 is 0 Å². The number of hydrogen-bond acceptors (Lipinski definition) is 5. The normalized spacial score (nSPS) is 19.1. The maximum atomic E-state index is 13.1. The molecule has 2 heterocycles. The first-order valence-electron chi connectivity index (χ1n) is 8.46. The molecule has 26 heavy (non-hydrogen) atoms. The number of nitrogens with zero attached hydrogens (tertiary/aromatic N) is 5. The van der Waals surface area contributed by atoms with Gasteiger partial charge in [-0.3, -0.25) is 4.79 Å². The molecule has 7 nitrogen and oxygen atoms in total. The second-order valence-corrected chi connectivity index (χ2v) is 6.43. The molecule has 1 aliphatic heterocycles. The fourth-order valence-electron chi connectivity index (χ4n) is 3.50. The third-order valence-corrected chi connectivity index (χ3v) is 4.78. The Bertz CT molecular complexity index is 911. The Morgan fingerprint density at radius 2 is 2.00 bits per heavy atom. The minimum absolute atomic E-state index is 0.00562. The van der Waals surface area contributed by atoms with Crippen molar-refractivity contribution in [3.63, 3.8) is 0 Å². The molecule has 1 amide bonds. The van der Waals surface area contributed by atoms with E-state index in [1.807, 2.05) is 23.1 Å². The number of carbonyl (C=O) groups excluding carboxylic acids is 1. The Kier molecular flexibility index (Phi) is 4.12. The molecule has 0 aliphatic carbocycles. The highest BCUT2D eigenvalue weighted by Gasteiger charge is 2.40. The lowest BCUT2D eigenvalue weighted by atomic mass is 9.84. The summed E-state index contributed by atoms with van der Waals surface area (Å²) in [6.45, 7) is 2.91. The van der Waals surface area contributed by atoms with Crippen LogP contribution < -0.4 is 4.74 Å². The lowest BCUT2D eigenvalue weighted by Gasteiger charge is -2.47. The summed E-state index contributed by atoms with van der Waals surface area (Å²) in [4.78, 5) is 15.0. The van der Waals surface area contributed by atoms with Crippen molar-refractivity contribution in [2.45, 2.75) is 13.0 Å². The van der Waals surface area contributed by atoms with Gasteiger partial charge in [-0.2, -0.15) is 4.68 Å². The average molecular weight is 349 g/mol. The number of ether oxygens (including phenoxy) is 1. The summed E-state index contributed by atoms with van der Waals surface area (Å²) in [6.07, 6.45) is 1.48. The van der Waals surface area contributed by atoms with Gasteiger partial charge in [0.25, 0.3) is 5.91 Å². The molecule has 1 aliphatic rings. The van der Waals surface area contributed by atoms with E-state index in [1.165, 1.54) is 11.0 Å². The molecule has 0 unspecified atom stereocenters.